The molecular formula is C19H29IN4O2. The lowest BCUT2D eigenvalue weighted by Crippen LogP contribution is -2.44. The van der Waals surface area contributed by atoms with Gasteiger partial charge in [0.15, 0.2) is 5.96 Å². The van der Waals surface area contributed by atoms with Crippen molar-refractivity contribution in [3.8, 4) is 5.75 Å². The molecule has 2 rings (SSSR count). The van der Waals surface area contributed by atoms with Gasteiger partial charge in [-0.1, -0.05) is 30.9 Å². The molecule has 1 aromatic carbocycles. The minimum Gasteiger partial charge on any atom is -0.489 e. The zero-order chi connectivity index (χ0) is 17.9. The molecule has 0 saturated carbocycles. The van der Waals surface area contributed by atoms with Gasteiger partial charge in [-0.2, -0.15) is 0 Å². The van der Waals surface area contributed by atoms with E-state index < -0.39 is 0 Å². The van der Waals surface area contributed by atoms with Crippen molar-refractivity contribution in [2.45, 2.75) is 26.3 Å². The van der Waals surface area contributed by atoms with Gasteiger partial charge in [-0.3, -0.25) is 4.79 Å². The Morgan fingerprint density at radius 1 is 1.31 bits per heavy atom. The third kappa shape index (κ3) is 7.23. The van der Waals surface area contributed by atoms with E-state index in [9.17, 15) is 4.79 Å². The Hall–Kier alpha value is -1.77. The standard InChI is InChI=1S/C19H28N4O2.HI/c1-3-13-25-17-10-6-5-9-16(17)14-21-19(20-4-2)22-15-18(24)23-11-7-8-12-23;/h3,5-6,9-10H,1,4,7-8,11-15H2,2H3,(H2,20,21,22);1H. The van der Waals surface area contributed by atoms with Crippen molar-refractivity contribution in [2.75, 3.05) is 32.8 Å². The van der Waals surface area contributed by atoms with Crippen molar-refractivity contribution < 1.29 is 9.53 Å². The average Bonchev–Trinajstić information content (AvgIpc) is 3.17. The van der Waals surface area contributed by atoms with Crippen molar-refractivity contribution in [3.63, 3.8) is 0 Å². The topological polar surface area (TPSA) is 66.0 Å². The molecule has 1 aromatic rings. The van der Waals surface area contributed by atoms with E-state index in [1.54, 1.807) is 6.08 Å². The molecule has 1 fully saturated rings. The molecule has 0 aliphatic carbocycles. The number of halogens is 1. The molecule has 6 nitrogen and oxygen atoms in total. The largest absolute Gasteiger partial charge is 0.489 e. The third-order valence-corrected chi connectivity index (χ3v) is 3.95. The summed E-state index contributed by atoms with van der Waals surface area (Å²) in [5.41, 5.74) is 0.993. The molecule has 144 valence electrons. The monoisotopic (exact) mass is 472 g/mol. The molecule has 0 unspecified atom stereocenters. The molecule has 0 aromatic heterocycles. The van der Waals surface area contributed by atoms with Crippen molar-refractivity contribution in [1.82, 2.24) is 15.5 Å². The second kappa shape index (κ2) is 12.6. The number of carbonyl (C=O) groups is 1. The highest BCUT2D eigenvalue weighted by molar-refractivity contribution is 14.0. The van der Waals surface area contributed by atoms with Crippen molar-refractivity contribution in [2.24, 2.45) is 4.99 Å². The summed E-state index contributed by atoms with van der Waals surface area (Å²) in [5.74, 6) is 1.56. The Bertz CT molecular complexity index is 601. The van der Waals surface area contributed by atoms with Crippen LogP contribution >= 0.6 is 24.0 Å². The molecule has 1 aliphatic heterocycles. The average molecular weight is 472 g/mol. The van der Waals surface area contributed by atoms with Crippen LogP contribution in [0.25, 0.3) is 0 Å². The lowest BCUT2D eigenvalue weighted by molar-refractivity contribution is -0.128. The first-order chi connectivity index (χ1) is 12.2. The van der Waals surface area contributed by atoms with Crippen molar-refractivity contribution in [3.05, 3.63) is 42.5 Å². The van der Waals surface area contributed by atoms with Crippen LogP contribution in [-0.4, -0.2) is 49.6 Å². The van der Waals surface area contributed by atoms with Crippen molar-refractivity contribution >= 4 is 35.8 Å². The van der Waals surface area contributed by atoms with E-state index in [0.717, 1.165) is 43.8 Å². The summed E-state index contributed by atoms with van der Waals surface area (Å²) >= 11 is 0. The van der Waals surface area contributed by atoms with E-state index in [2.05, 4.69) is 22.2 Å². The number of para-hydroxylation sites is 1. The van der Waals surface area contributed by atoms with Crippen molar-refractivity contribution in [1.29, 1.82) is 0 Å². The number of rotatable bonds is 8. The van der Waals surface area contributed by atoms with E-state index in [4.69, 9.17) is 4.74 Å². The lowest BCUT2D eigenvalue weighted by Gasteiger charge is -2.17. The molecule has 1 saturated heterocycles. The highest BCUT2D eigenvalue weighted by atomic mass is 127. The number of hydrogen-bond donors (Lipinski definition) is 2. The maximum atomic E-state index is 12.2. The lowest BCUT2D eigenvalue weighted by atomic mass is 10.2. The molecule has 0 atom stereocenters. The van der Waals surface area contributed by atoms with Crippen LogP contribution in [0.15, 0.2) is 41.9 Å². The summed E-state index contributed by atoms with van der Waals surface area (Å²) in [7, 11) is 0. The van der Waals surface area contributed by atoms with E-state index >= 15 is 0 Å². The minimum absolute atomic E-state index is 0. The second-order valence-electron chi connectivity index (χ2n) is 5.84. The zero-order valence-electron chi connectivity index (χ0n) is 15.4. The van der Waals surface area contributed by atoms with Gasteiger partial charge in [0.2, 0.25) is 5.91 Å². The fourth-order valence-electron chi connectivity index (χ4n) is 2.67. The number of nitrogens with one attached hydrogen (secondary N) is 2. The first kappa shape index (κ1) is 22.3. The molecule has 1 aliphatic rings. The number of aliphatic imine (C=N–C) groups is 1. The quantitative estimate of drug-likeness (QED) is 0.264. The number of nitrogens with zero attached hydrogens (tertiary/aromatic N) is 2. The number of guanidine groups is 1. The van der Waals surface area contributed by atoms with E-state index in [1.807, 2.05) is 36.1 Å². The van der Waals surface area contributed by atoms with Gasteiger partial charge < -0.3 is 20.3 Å². The normalized spacial score (nSPS) is 13.7. The number of hydrogen-bond acceptors (Lipinski definition) is 3. The smallest absolute Gasteiger partial charge is 0.241 e. The molecule has 7 heteroatoms. The van der Waals surface area contributed by atoms with E-state index in [-0.39, 0.29) is 36.4 Å². The zero-order valence-corrected chi connectivity index (χ0v) is 17.7. The summed E-state index contributed by atoms with van der Waals surface area (Å²) in [6.45, 7) is 9.33. The summed E-state index contributed by atoms with van der Waals surface area (Å²) in [6, 6.07) is 7.80. The van der Waals surface area contributed by atoms with Gasteiger partial charge >= 0.3 is 0 Å². The summed E-state index contributed by atoms with van der Waals surface area (Å²) in [4.78, 5) is 18.6. The molecule has 1 heterocycles. The van der Waals surface area contributed by atoms with Crippen LogP contribution in [0, 0.1) is 0 Å². The van der Waals surface area contributed by atoms with Gasteiger partial charge in [0.1, 0.15) is 12.4 Å². The fourth-order valence-corrected chi connectivity index (χ4v) is 2.67. The number of ether oxygens (including phenoxy) is 1. The van der Waals surface area contributed by atoms with E-state index in [0.29, 0.717) is 19.1 Å². The summed E-state index contributed by atoms with van der Waals surface area (Å²) in [6.07, 6.45) is 3.92. The van der Waals surface area contributed by atoms with Gasteiger partial charge in [-0.25, -0.2) is 4.99 Å². The maximum absolute atomic E-state index is 12.2. The van der Waals surface area contributed by atoms with Crippen LogP contribution in [0.2, 0.25) is 0 Å². The molecule has 2 N–H and O–H groups in total. The summed E-state index contributed by atoms with van der Waals surface area (Å²) in [5, 5.41) is 6.29. The highest BCUT2D eigenvalue weighted by Gasteiger charge is 2.17. The Balaban J connectivity index is 0.00000338. The SMILES string of the molecule is C=CCOc1ccccc1CN=C(NCC)NCC(=O)N1CCCC1.I. The Kier molecular flexibility index (Phi) is 10.8. The molecule has 0 radical (unpaired) electrons. The molecule has 1 amide bonds. The number of benzene rings is 1. The predicted octanol–water partition coefficient (Wildman–Crippen LogP) is 2.55. The second-order valence-corrected chi connectivity index (χ2v) is 5.84. The van der Waals surface area contributed by atoms with Gasteiger partial charge in [0.05, 0.1) is 13.1 Å². The van der Waals surface area contributed by atoms with Crippen LogP contribution in [0.4, 0.5) is 0 Å². The number of likely N-dealkylation sites (tertiary alicyclic amines) is 1. The highest BCUT2D eigenvalue weighted by Crippen LogP contribution is 2.18. The van der Waals surface area contributed by atoms with Gasteiger partial charge in [0, 0.05) is 25.2 Å². The third-order valence-electron chi connectivity index (χ3n) is 3.95. The van der Waals surface area contributed by atoms with Gasteiger partial charge in [-0.05, 0) is 25.8 Å². The first-order valence-corrected chi connectivity index (χ1v) is 8.86. The first-order valence-electron chi connectivity index (χ1n) is 8.86. The Labute approximate surface area is 173 Å². The van der Waals surface area contributed by atoms with Crippen LogP contribution in [0.1, 0.15) is 25.3 Å². The minimum atomic E-state index is 0. The van der Waals surface area contributed by atoms with Gasteiger partial charge in [-0.15, -0.1) is 24.0 Å². The predicted molar refractivity (Wildman–Crippen MR) is 116 cm³/mol. The van der Waals surface area contributed by atoms with E-state index in [1.165, 1.54) is 0 Å². The Morgan fingerprint density at radius 2 is 2.04 bits per heavy atom. The molecule has 26 heavy (non-hydrogen) atoms. The number of amides is 1. The molecule has 0 bridgehead atoms. The van der Waals surface area contributed by atoms with Crippen LogP contribution < -0.4 is 15.4 Å². The molecular weight excluding hydrogens is 443 g/mol. The Morgan fingerprint density at radius 3 is 2.73 bits per heavy atom. The maximum Gasteiger partial charge on any atom is 0.241 e. The van der Waals surface area contributed by atoms with Crippen LogP contribution in [0.5, 0.6) is 5.75 Å². The number of carbonyl (C=O) groups excluding carboxylic acids is 1. The molecule has 0 spiro atoms. The summed E-state index contributed by atoms with van der Waals surface area (Å²) < 4.78 is 5.66. The van der Waals surface area contributed by atoms with Crippen LogP contribution in [-0.2, 0) is 11.3 Å². The fraction of sp³-hybridized carbons (Fsp3) is 0.474. The van der Waals surface area contributed by atoms with Gasteiger partial charge in [0.25, 0.3) is 0 Å². The van der Waals surface area contributed by atoms with Crippen LogP contribution in [0.3, 0.4) is 0 Å².